The molecule has 0 fully saturated rings. The van der Waals surface area contributed by atoms with Crippen molar-refractivity contribution < 1.29 is 0 Å². The van der Waals surface area contributed by atoms with E-state index < -0.39 is 0 Å². The Bertz CT molecular complexity index is 790. The summed E-state index contributed by atoms with van der Waals surface area (Å²) < 4.78 is 2.07. The first-order valence-electron chi connectivity index (χ1n) is 7.19. The zero-order valence-corrected chi connectivity index (χ0v) is 13.2. The molecule has 0 N–H and O–H groups in total. The topological polar surface area (TPSA) is 30.7 Å². The summed E-state index contributed by atoms with van der Waals surface area (Å²) in [4.78, 5) is 9.31. The molecule has 0 aliphatic rings. The van der Waals surface area contributed by atoms with Crippen molar-refractivity contribution in [3.63, 3.8) is 0 Å². The summed E-state index contributed by atoms with van der Waals surface area (Å²) in [5.74, 6) is 0.831. The van der Waals surface area contributed by atoms with E-state index in [-0.39, 0.29) is 5.38 Å². The van der Waals surface area contributed by atoms with Crippen molar-refractivity contribution in [3.8, 4) is 5.69 Å². The number of fused-ring (bicyclic) bond motifs is 1. The molecule has 1 unspecified atom stereocenters. The molecule has 3 rings (SSSR count). The van der Waals surface area contributed by atoms with Crippen LogP contribution in [0.15, 0.2) is 36.4 Å². The summed E-state index contributed by atoms with van der Waals surface area (Å²) in [7, 11) is 0. The van der Waals surface area contributed by atoms with E-state index in [1.54, 1.807) is 0 Å². The zero-order chi connectivity index (χ0) is 15.0. The number of benzene rings is 1. The van der Waals surface area contributed by atoms with Crippen LogP contribution in [0.1, 0.15) is 36.3 Å². The van der Waals surface area contributed by atoms with E-state index in [4.69, 9.17) is 11.6 Å². The highest BCUT2D eigenvalue weighted by Gasteiger charge is 2.17. The quantitative estimate of drug-likeness (QED) is 0.662. The zero-order valence-electron chi connectivity index (χ0n) is 12.5. The number of imidazole rings is 1. The molecule has 4 heteroatoms. The average molecular weight is 300 g/mol. The minimum Gasteiger partial charge on any atom is -0.279 e. The molecule has 3 nitrogen and oxygen atoms in total. The number of nitrogens with zero attached hydrogens (tertiary/aromatic N) is 3. The van der Waals surface area contributed by atoms with Gasteiger partial charge in [0.05, 0.1) is 5.38 Å². The molecule has 3 aromatic rings. The maximum atomic E-state index is 6.33. The molecule has 1 aromatic carbocycles. The van der Waals surface area contributed by atoms with Crippen molar-refractivity contribution in [2.24, 2.45) is 0 Å². The fourth-order valence-electron chi connectivity index (χ4n) is 2.51. The summed E-state index contributed by atoms with van der Waals surface area (Å²) in [6, 6.07) is 12.4. The molecule has 0 radical (unpaired) electrons. The van der Waals surface area contributed by atoms with Gasteiger partial charge < -0.3 is 0 Å². The van der Waals surface area contributed by atoms with E-state index in [0.29, 0.717) is 0 Å². The lowest BCUT2D eigenvalue weighted by Crippen LogP contribution is -2.03. The van der Waals surface area contributed by atoms with Gasteiger partial charge in [0.2, 0.25) is 0 Å². The minimum absolute atomic E-state index is 0.176. The average Bonchev–Trinajstić information content (AvgIpc) is 2.86. The molecule has 0 saturated carbocycles. The smallest absolute Gasteiger partial charge is 0.164 e. The molecule has 0 aliphatic heterocycles. The van der Waals surface area contributed by atoms with E-state index in [2.05, 4.69) is 45.7 Å². The number of aryl methyl sites for hydroxylation is 2. The van der Waals surface area contributed by atoms with Crippen LogP contribution in [0, 0.1) is 6.92 Å². The lowest BCUT2D eigenvalue weighted by molar-refractivity contribution is 0.874. The van der Waals surface area contributed by atoms with Crippen LogP contribution < -0.4 is 0 Å². The normalized spacial score (nSPS) is 12.8. The van der Waals surface area contributed by atoms with Crippen molar-refractivity contribution in [1.82, 2.24) is 14.5 Å². The predicted octanol–water partition coefficient (Wildman–Crippen LogP) is 4.59. The first kappa shape index (κ1) is 14.1. The van der Waals surface area contributed by atoms with Crippen LogP contribution in [-0.2, 0) is 6.42 Å². The molecular weight excluding hydrogens is 282 g/mol. The number of pyridine rings is 1. The van der Waals surface area contributed by atoms with Gasteiger partial charge in [-0.3, -0.25) is 4.57 Å². The molecule has 0 amide bonds. The Labute approximate surface area is 129 Å². The predicted molar refractivity (Wildman–Crippen MR) is 87.2 cm³/mol. The Balaban J connectivity index is 2.32. The van der Waals surface area contributed by atoms with Crippen molar-refractivity contribution in [2.75, 3.05) is 0 Å². The van der Waals surface area contributed by atoms with E-state index in [9.17, 15) is 0 Å². The summed E-state index contributed by atoms with van der Waals surface area (Å²) in [6.45, 7) is 6.08. The third-order valence-corrected chi connectivity index (χ3v) is 3.80. The number of halogens is 1. The van der Waals surface area contributed by atoms with Gasteiger partial charge in [0, 0.05) is 11.4 Å². The van der Waals surface area contributed by atoms with Crippen molar-refractivity contribution >= 4 is 22.8 Å². The molecule has 0 bridgehead atoms. The molecule has 1 atom stereocenters. The van der Waals surface area contributed by atoms with Gasteiger partial charge in [0.25, 0.3) is 0 Å². The Morgan fingerprint density at radius 1 is 1.19 bits per heavy atom. The van der Waals surface area contributed by atoms with Gasteiger partial charge in [-0.15, -0.1) is 11.6 Å². The molecule has 0 saturated heterocycles. The number of aromatic nitrogens is 3. The molecule has 2 heterocycles. The highest BCUT2D eigenvalue weighted by atomic mass is 35.5. The van der Waals surface area contributed by atoms with Gasteiger partial charge in [-0.25, -0.2) is 9.97 Å². The Hall–Kier alpha value is -1.87. The number of alkyl halides is 1. The highest BCUT2D eigenvalue weighted by molar-refractivity contribution is 6.20. The van der Waals surface area contributed by atoms with Crippen LogP contribution >= 0.6 is 11.6 Å². The number of hydrogen-bond acceptors (Lipinski definition) is 2. The van der Waals surface area contributed by atoms with Gasteiger partial charge in [0.1, 0.15) is 11.3 Å². The summed E-state index contributed by atoms with van der Waals surface area (Å²) in [5, 5.41) is -0.176. The molecule has 2 aromatic heterocycles. The fourth-order valence-corrected chi connectivity index (χ4v) is 2.65. The van der Waals surface area contributed by atoms with Gasteiger partial charge in [-0.2, -0.15) is 0 Å². The van der Waals surface area contributed by atoms with Crippen LogP contribution in [-0.4, -0.2) is 14.5 Å². The van der Waals surface area contributed by atoms with E-state index in [1.165, 1.54) is 5.56 Å². The Morgan fingerprint density at radius 3 is 2.71 bits per heavy atom. The lowest BCUT2D eigenvalue weighted by atomic mass is 10.1. The van der Waals surface area contributed by atoms with Crippen LogP contribution in [0.2, 0.25) is 0 Å². The standard InChI is InChI=1S/C17H18ClN3/c1-4-13-6-5-7-14(10-13)21-16(12(3)18)20-15-9-8-11(2)19-17(15)21/h5-10,12H,4H2,1-3H3. The van der Waals surface area contributed by atoms with Gasteiger partial charge in [-0.1, -0.05) is 19.1 Å². The highest BCUT2D eigenvalue weighted by Crippen LogP contribution is 2.27. The maximum Gasteiger partial charge on any atom is 0.164 e. The van der Waals surface area contributed by atoms with Crippen LogP contribution in [0.25, 0.3) is 16.9 Å². The maximum absolute atomic E-state index is 6.33. The van der Waals surface area contributed by atoms with Crippen molar-refractivity contribution in [1.29, 1.82) is 0 Å². The molecule has 21 heavy (non-hydrogen) atoms. The van der Waals surface area contributed by atoms with Crippen molar-refractivity contribution in [2.45, 2.75) is 32.6 Å². The largest absolute Gasteiger partial charge is 0.279 e. The summed E-state index contributed by atoms with van der Waals surface area (Å²) in [6.07, 6.45) is 0.999. The fraction of sp³-hybridized carbons (Fsp3) is 0.294. The first-order chi connectivity index (χ1) is 10.1. The van der Waals surface area contributed by atoms with E-state index in [0.717, 1.165) is 34.8 Å². The van der Waals surface area contributed by atoms with Gasteiger partial charge in [0.15, 0.2) is 5.65 Å². The summed E-state index contributed by atoms with van der Waals surface area (Å²) >= 11 is 6.33. The second kappa shape index (κ2) is 5.49. The van der Waals surface area contributed by atoms with E-state index >= 15 is 0 Å². The Kier molecular flexibility index (Phi) is 3.68. The molecular formula is C17H18ClN3. The number of hydrogen-bond donors (Lipinski definition) is 0. The van der Waals surface area contributed by atoms with Gasteiger partial charge in [-0.05, 0) is 50.1 Å². The Morgan fingerprint density at radius 2 is 2.00 bits per heavy atom. The molecule has 0 aliphatic carbocycles. The summed E-state index contributed by atoms with van der Waals surface area (Å²) in [5.41, 5.74) is 5.08. The monoisotopic (exact) mass is 299 g/mol. The SMILES string of the molecule is CCc1cccc(-n2c(C(C)Cl)nc3ccc(C)nc32)c1. The van der Waals surface area contributed by atoms with E-state index in [1.807, 2.05) is 26.0 Å². The third-order valence-electron chi connectivity index (χ3n) is 3.60. The second-order valence-electron chi connectivity index (χ2n) is 5.24. The number of rotatable bonds is 3. The van der Waals surface area contributed by atoms with Crippen molar-refractivity contribution in [3.05, 3.63) is 53.5 Å². The minimum atomic E-state index is -0.176. The van der Waals surface area contributed by atoms with Crippen LogP contribution in [0.3, 0.4) is 0 Å². The lowest BCUT2D eigenvalue weighted by Gasteiger charge is -2.11. The molecule has 0 spiro atoms. The van der Waals surface area contributed by atoms with Crippen LogP contribution in [0.5, 0.6) is 0 Å². The van der Waals surface area contributed by atoms with Gasteiger partial charge >= 0.3 is 0 Å². The third kappa shape index (κ3) is 2.54. The molecule has 108 valence electrons. The van der Waals surface area contributed by atoms with Crippen LogP contribution in [0.4, 0.5) is 0 Å². The second-order valence-corrected chi connectivity index (χ2v) is 5.89. The first-order valence-corrected chi connectivity index (χ1v) is 7.63.